The minimum atomic E-state index is -0.551. The molecule has 8 heteroatoms. The molecule has 3 rings (SSSR count). The van der Waals surface area contributed by atoms with Crippen molar-refractivity contribution in [1.29, 1.82) is 0 Å². The van der Waals surface area contributed by atoms with Crippen molar-refractivity contribution >= 4 is 29.9 Å². The van der Waals surface area contributed by atoms with Gasteiger partial charge in [0, 0.05) is 30.7 Å². The number of piperazine rings is 1. The molecule has 0 saturated carbocycles. The Bertz CT molecular complexity index is 851. The molecular weight excluding hydrogens is 454 g/mol. The third-order valence-corrected chi connectivity index (χ3v) is 5.96. The molecule has 2 aromatic carbocycles. The van der Waals surface area contributed by atoms with Crippen molar-refractivity contribution in [3.8, 4) is 5.75 Å². The van der Waals surface area contributed by atoms with E-state index in [9.17, 15) is 14.3 Å². The Morgan fingerprint density at radius 2 is 1.84 bits per heavy atom. The lowest BCUT2D eigenvalue weighted by Gasteiger charge is -2.47. The molecule has 1 fully saturated rings. The first-order valence-corrected chi connectivity index (χ1v) is 11.1. The van der Waals surface area contributed by atoms with Crippen LogP contribution in [0.25, 0.3) is 0 Å². The van der Waals surface area contributed by atoms with Crippen molar-refractivity contribution in [2.24, 2.45) is 0 Å². The summed E-state index contributed by atoms with van der Waals surface area (Å²) in [7, 11) is 0. The average molecular weight is 485 g/mol. The van der Waals surface area contributed by atoms with Gasteiger partial charge in [0.05, 0.1) is 12.1 Å². The molecule has 1 aliphatic rings. The highest BCUT2D eigenvalue weighted by Crippen LogP contribution is 2.23. The van der Waals surface area contributed by atoms with Crippen LogP contribution >= 0.6 is 24.0 Å². The zero-order valence-corrected chi connectivity index (χ0v) is 20.0. The number of ether oxygens (including phenoxy) is 1. The molecule has 32 heavy (non-hydrogen) atoms. The number of aliphatic hydroxyl groups is 1. The van der Waals surface area contributed by atoms with Gasteiger partial charge in [0.15, 0.2) is 6.61 Å². The minimum absolute atomic E-state index is 0. The largest absolute Gasteiger partial charge is 0.484 e. The number of carbonyl (C=O) groups excluding carboxylic acids is 1. The zero-order chi connectivity index (χ0) is 22.4. The molecule has 1 saturated heterocycles. The van der Waals surface area contributed by atoms with Crippen LogP contribution in [0.4, 0.5) is 4.39 Å². The first-order chi connectivity index (χ1) is 14.9. The van der Waals surface area contributed by atoms with Crippen molar-refractivity contribution < 1.29 is 19.0 Å². The number of aliphatic hydroxyl groups excluding tert-OH is 1. The second-order valence-electron chi connectivity index (χ2n) is 8.12. The van der Waals surface area contributed by atoms with Gasteiger partial charge in [0.2, 0.25) is 0 Å². The lowest BCUT2D eigenvalue weighted by atomic mass is 9.98. The predicted molar refractivity (Wildman–Crippen MR) is 127 cm³/mol. The smallest absolute Gasteiger partial charge is 0.260 e. The summed E-state index contributed by atoms with van der Waals surface area (Å²) in [4.78, 5) is 16.9. The van der Waals surface area contributed by atoms with Crippen LogP contribution in [-0.2, 0) is 11.3 Å². The van der Waals surface area contributed by atoms with Crippen LogP contribution in [0, 0.1) is 5.82 Å². The number of amides is 1. The summed E-state index contributed by atoms with van der Waals surface area (Å²) in [6, 6.07) is 13.1. The summed E-state index contributed by atoms with van der Waals surface area (Å²) in [5, 5.41) is 11.4. The van der Waals surface area contributed by atoms with E-state index in [-0.39, 0.29) is 42.8 Å². The molecular formula is C24H31Cl2FN2O3. The van der Waals surface area contributed by atoms with Gasteiger partial charge >= 0.3 is 0 Å². The van der Waals surface area contributed by atoms with Crippen molar-refractivity contribution in [3.63, 3.8) is 0 Å². The molecule has 2 aromatic rings. The summed E-state index contributed by atoms with van der Waals surface area (Å²) in [6.45, 7) is 5.60. The molecule has 0 bridgehead atoms. The molecule has 1 aliphatic heterocycles. The fourth-order valence-electron chi connectivity index (χ4n) is 4.04. The van der Waals surface area contributed by atoms with E-state index in [1.165, 1.54) is 12.1 Å². The highest BCUT2D eigenvalue weighted by Gasteiger charge is 2.37. The molecule has 1 heterocycles. The van der Waals surface area contributed by atoms with E-state index in [2.05, 4.69) is 4.90 Å². The first kappa shape index (κ1) is 26.4. The zero-order valence-electron chi connectivity index (χ0n) is 18.4. The molecule has 1 amide bonds. The summed E-state index contributed by atoms with van der Waals surface area (Å²) >= 11 is 5.89. The van der Waals surface area contributed by atoms with Gasteiger partial charge in [-0.3, -0.25) is 9.69 Å². The fraction of sp³-hybridized carbons (Fsp3) is 0.458. The van der Waals surface area contributed by atoms with Crippen LogP contribution in [0.1, 0.15) is 32.3 Å². The standard InChI is InChI=1S/C24H30ClFN2O3.ClH/c1-3-4-23(29)22-15-28(24(30)16-31-21-11-7-19(25)8-12-21)17(2)13-27(22)14-18-5-9-20(26)10-6-18;/h5-12,17,22-23,29H,3-4,13-16H2,1-2H3;1H/t17-,22-,23?;/m1./s1. The van der Waals surface area contributed by atoms with Gasteiger partial charge in [0.25, 0.3) is 5.91 Å². The Morgan fingerprint density at radius 3 is 2.47 bits per heavy atom. The number of hydrogen-bond acceptors (Lipinski definition) is 4. The molecule has 1 N–H and O–H groups in total. The van der Waals surface area contributed by atoms with Crippen LogP contribution in [0.5, 0.6) is 5.75 Å². The molecule has 176 valence electrons. The molecule has 0 spiro atoms. The van der Waals surface area contributed by atoms with Crippen molar-refractivity contribution in [2.45, 2.75) is 51.4 Å². The summed E-state index contributed by atoms with van der Waals surface area (Å²) in [5.41, 5.74) is 0.980. The van der Waals surface area contributed by atoms with Gasteiger partial charge in [0.1, 0.15) is 11.6 Å². The van der Waals surface area contributed by atoms with E-state index in [0.29, 0.717) is 36.8 Å². The number of halogens is 3. The molecule has 0 aliphatic carbocycles. The van der Waals surface area contributed by atoms with E-state index in [1.54, 1.807) is 41.3 Å². The average Bonchev–Trinajstić information content (AvgIpc) is 2.75. The van der Waals surface area contributed by atoms with Gasteiger partial charge in [-0.2, -0.15) is 0 Å². The quantitative estimate of drug-likeness (QED) is 0.597. The van der Waals surface area contributed by atoms with Crippen LogP contribution in [0.15, 0.2) is 48.5 Å². The van der Waals surface area contributed by atoms with Crippen LogP contribution < -0.4 is 4.74 Å². The number of benzene rings is 2. The van der Waals surface area contributed by atoms with E-state index in [1.807, 2.05) is 13.8 Å². The number of rotatable bonds is 8. The highest BCUT2D eigenvalue weighted by atomic mass is 35.5. The van der Waals surface area contributed by atoms with Crippen molar-refractivity contribution in [1.82, 2.24) is 9.80 Å². The van der Waals surface area contributed by atoms with Gasteiger partial charge in [-0.25, -0.2) is 4.39 Å². The Balaban J connectivity index is 0.00000363. The van der Waals surface area contributed by atoms with Gasteiger partial charge in [-0.1, -0.05) is 37.1 Å². The maximum atomic E-state index is 13.3. The molecule has 5 nitrogen and oxygen atoms in total. The molecule has 0 aromatic heterocycles. The Morgan fingerprint density at radius 1 is 1.19 bits per heavy atom. The lowest BCUT2D eigenvalue weighted by Crippen LogP contribution is -2.62. The summed E-state index contributed by atoms with van der Waals surface area (Å²) in [5.74, 6) is 0.205. The molecule has 0 radical (unpaired) electrons. The summed E-state index contributed by atoms with van der Waals surface area (Å²) < 4.78 is 18.9. The van der Waals surface area contributed by atoms with Crippen molar-refractivity contribution in [3.05, 3.63) is 64.9 Å². The van der Waals surface area contributed by atoms with Crippen LogP contribution in [0.2, 0.25) is 5.02 Å². The Hall–Kier alpha value is -1.86. The maximum Gasteiger partial charge on any atom is 0.260 e. The lowest BCUT2D eigenvalue weighted by molar-refractivity contribution is -0.142. The monoisotopic (exact) mass is 484 g/mol. The first-order valence-electron chi connectivity index (χ1n) is 10.7. The third-order valence-electron chi connectivity index (χ3n) is 5.71. The number of nitrogens with zero attached hydrogens (tertiary/aromatic N) is 2. The van der Waals surface area contributed by atoms with E-state index >= 15 is 0 Å². The Kier molecular flexibility index (Phi) is 10.2. The van der Waals surface area contributed by atoms with E-state index < -0.39 is 6.10 Å². The van der Waals surface area contributed by atoms with Gasteiger partial charge in [-0.15, -0.1) is 12.4 Å². The minimum Gasteiger partial charge on any atom is -0.484 e. The topological polar surface area (TPSA) is 53.0 Å². The van der Waals surface area contributed by atoms with Crippen LogP contribution in [0.3, 0.4) is 0 Å². The number of hydrogen-bond donors (Lipinski definition) is 1. The maximum absolute atomic E-state index is 13.3. The SMILES string of the molecule is CCCC(O)[C@H]1CN(C(=O)COc2ccc(Cl)cc2)[C@H](C)CN1Cc1ccc(F)cc1.Cl. The van der Waals surface area contributed by atoms with E-state index in [0.717, 1.165) is 12.0 Å². The third kappa shape index (κ3) is 7.07. The predicted octanol–water partition coefficient (Wildman–Crippen LogP) is 4.54. The van der Waals surface area contributed by atoms with Crippen LogP contribution in [-0.4, -0.2) is 58.7 Å². The molecule has 3 atom stereocenters. The summed E-state index contributed by atoms with van der Waals surface area (Å²) in [6.07, 6.45) is 0.957. The van der Waals surface area contributed by atoms with Crippen molar-refractivity contribution in [2.75, 3.05) is 19.7 Å². The Labute approximate surface area is 200 Å². The number of carbonyl (C=O) groups is 1. The normalized spacial score (nSPS) is 19.8. The van der Waals surface area contributed by atoms with E-state index in [4.69, 9.17) is 16.3 Å². The fourth-order valence-corrected chi connectivity index (χ4v) is 4.16. The van der Waals surface area contributed by atoms with Gasteiger partial charge < -0.3 is 14.7 Å². The second-order valence-corrected chi connectivity index (χ2v) is 8.55. The van der Waals surface area contributed by atoms with Gasteiger partial charge in [-0.05, 0) is 55.3 Å². The highest BCUT2D eigenvalue weighted by molar-refractivity contribution is 6.30. The molecule has 1 unspecified atom stereocenters. The second kappa shape index (κ2) is 12.4.